The van der Waals surface area contributed by atoms with Crippen LogP contribution >= 0.6 is 11.5 Å². The van der Waals surface area contributed by atoms with E-state index in [4.69, 9.17) is 4.98 Å². The number of halogens is 1. The van der Waals surface area contributed by atoms with E-state index in [0.29, 0.717) is 44.2 Å². The Balaban J connectivity index is 1.41. The fraction of sp³-hybridized carbons (Fsp3) is 0.600. The number of rotatable bonds is 7. The quantitative estimate of drug-likeness (QED) is 0.715. The van der Waals surface area contributed by atoms with Crippen LogP contribution in [0.25, 0.3) is 0 Å². The van der Waals surface area contributed by atoms with Gasteiger partial charge in [-0.25, -0.2) is 9.37 Å². The second kappa shape index (κ2) is 8.20. The lowest BCUT2D eigenvalue weighted by Gasteiger charge is -2.51. The van der Waals surface area contributed by atoms with Crippen molar-refractivity contribution < 1.29 is 4.39 Å². The maximum Gasteiger partial charge on any atom is 0.229 e. The van der Waals surface area contributed by atoms with E-state index in [-0.39, 0.29) is 5.54 Å². The first-order valence-corrected chi connectivity index (χ1v) is 10.8. The first-order chi connectivity index (χ1) is 14.0. The van der Waals surface area contributed by atoms with Crippen molar-refractivity contribution in [2.45, 2.75) is 51.2 Å². The Morgan fingerprint density at radius 3 is 2.86 bits per heavy atom. The smallest absolute Gasteiger partial charge is 0.229 e. The van der Waals surface area contributed by atoms with Crippen LogP contribution in [-0.2, 0) is 0 Å². The molecule has 154 valence electrons. The van der Waals surface area contributed by atoms with Crippen molar-refractivity contribution in [1.29, 1.82) is 5.26 Å². The predicted octanol–water partition coefficient (Wildman–Crippen LogP) is 3.49. The standard InChI is InChI=1S/C20H26FN7S/c1-13-9-23-19(25-17-7-14(2)27-29-17)26-18(13)28-11-20(12-28,5-6-22)24-10-15-3-4-16(21)8-15/h7,9,15-16,24H,3-5,8,10-12H2,1-2H3,(H,23,25,26)/t15-,16+/m0/s1. The Kier molecular flexibility index (Phi) is 5.65. The summed E-state index contributed by atoms with van der Waals surface area (Å²) in [5.74, 6) is 1.79. The molecular formula is C20H26FN7S. The van der Waals surface area contributed by atoms with Gasteiger partial charge in [-0.05, 0) is 63.2 Å². The summed E-state index contributed by atoms with van der Waals surface area (Å²) >= 11 is 1.38. The van der Waals surface area contributed by atoms with Gasteiger partial charge >= 0.3 is 0 Å². The van der Waals surface area contributed by atoms with Crippen LogP contribution in [0.4, 0.5) is 21.2 Å². The number of anilines is 3. The number of aryl methyl sites for hydroxylation is 2. The Morgan fingerprint density at radius 1 is 1.38 bits per heavy atom. The topological polar surface area (TPSA) is 89.8 Å². The second-order valence-electron chi connectivity index (χ2n) is 8.29. The molecule has 3 heterocycles. The Morgan fingerprint density at radius 2 is 2.21 bits per heavy atom. The van der Waals surface area contributed by atoms with E-state index < -0.39 is 6.17 Å². The van der Waals surface area contributed by atoms with Gasteiger partial charge in [0.15, 0.2) is 0 Å². The first kappa shape index (κ1) is 20.0. The van der Waals surface area contributed by atoms with Crippen molar-refractivity contribution in [3.8, 4) is 6.07 Å². The third-order valence-corrected chi connectivity index (χ3v) is 6.55. The van der Waals surface area contributed by atoms with Gasteiger partial charge in [-0.1, -0.05) is 0 Å². The number of hydrogen-bond acceptors (Lipinski definition) is 8. The minimum absolute atomic E-state index is 0.247. The molecule has 2 fully saturated rings. The minimum Gasteiger partial charge on any atom is -0.352 e. The van der Waals surface area contributed by atoms with Gasteiger partial charge in [0.1, 0.15) is 17.0 Å². The highest BCUT2D eigenvalue weighted by molar-refractivity contribution is 7.10. The molecule has 0 unspecified atom stereocenters. The van der Waals surface area contributed by atoms with E-state index in [1.54, 1.807) is 0 Å². The molecule has 2 aromatic heterocycles. The van der Waals surface area contributed by atoms with E-state index in [9.17, 15) is 9.65 Å². The van der Waals surface area contributed by atoms with Crippen LogP contribution in [0, 0.1) is 31.1 Å². The van der Waals surface area contributed by atoms with Gasteiger partial charge in [-0.3, -0.25) is 0 Å². The number of aromatic nitrogens is 3. The van der Waals surface area contributed by atoms with Gasteiger partial charge in [0.25, 0.3) is 0 Å². The van der Waals surface area contributed by atoms with Crippen molar-refractivity contribution >= 4 is 28.3 Å². The van der Waals surface area contributed by atoms with Crippen molar-refractivity contribution in [3.05, 3.63) is 23.5 Å². The van der Waals surface area contributed by atoms with Crippen LogP contribution in [0.5, 0.6) is 0 Å². The maximum absolute atomic E-state index is 13.4. The van der Waals surface area contributed by atoms with E-state index in [1.807, 2.05) is 26.1 Å². The predicted molar refractivity (Wildman–Crippen MR) is 112 cm³/mol. The SMILES string of the molecule is Cc1cc(Nc2ncc(C)c(N3CC(CC#N)(NC[C@H]4CC[C@@H](F)C4)C3)n2)sn1. The third-order valence-electron chi connectivity index (χ3n) is 5.75. The summed E-state index contributed by atoms with van der Waals surface area (Å²) in [6, 6.07) is 4.28. The summed E-state index contributed by atoms with van der Waals surface area (Å²) in [5, 5.41) is 17.0. The monoisotopic (exact) mass is 415 g/mol. The van der Waals surface area contributed by atoms with Crippen LogP contribution in [0.1, 0.15) is 36.9 Å². The lowest BCUT2D eigenvalue weighted by Crippen LogP contribution is -2.70. The van der Waals surface area contributed by atoms with Gasteiger partial charge in [-0.15, -0.1) is 0 Å². The molecule has 0 radical (unpaired) electrons. The lowest BCUT2D eigenvalue weighted by atomic mass is 9.85. The Hall–Kier alpha value is -2.31. The summed E-state index contributed by atoms with van der Waals surface area (Å²) < 4.78 is 17.7. The summed E-state index contributed by atoms with van der Waals surface area (Å²) in [5.41, 5.74) is 1.71. The van der Waals surface area contributed by atoms with Crippen LogP contribution in [-0.4, -0.2) is 45.7 Å². The highest BCUT2D eigenvalue weighted by atomic mass is 32.1. The van der Waals surface area contributed by atoms with Crippen molar-refractivity contribution in [2.24, 2.45) is 5.92 Å². The van der Waals surface area contributed by atoms with Crippen molar-refractivity contribution in [1.82, 2.24) is 19.7 Å². The van der Waals surface area contributed by atoms with Crippen molar-refractivity contribution in [2.75, 3.05) is 29.9 Å². The van der Waals surface area contributed by atoms with Gasteiger partial charge in [0.2, 0.25) is 5.95 Å². The zero-order chi connectivity index (χ0) is 20.4. The average Bonchev–Trinajstić information content (AvgIpc) is 3.26. The molecule has 4 rings (SSSR count). The highest BCUT2D eigenvalue weighted by Crippen LogP contribution is 2.33. The molecular weight excluding hydrogens is 389 g/mol. The molecule has 2 aliphatic rings. The van der Waals surface area contributed by atoms with Crippen LogP contribution in [0.3, 0.4) is 0 Å². The molecule has 1 saturated heterocycles. The molecule has 1 aliphatic carbocycles. The molecule has 29 heavy (non-hydrogen) atoms. The fourth-order valence-corrected chi connectivity index (χ4v) is 4.83. The normalized spacial score (nSPS) is 22.9. The number of nitrogens with one attached hydrogen (secondary N) is 2. The van der Waals surface area contributed by atoms with Gasteiger partial charge in [0.05, 0.1) is 23.7 Å². The average molecular weight is 416 g/mol. The largest absolute Gasteiger partial charge is 0.352 e. The van der Waals surface area contributed by atoms with Gasteiger partial charge < -0.3 is 15.5 Å². The summed E-state index contributed by atoms with van der Waals surface area (Å²) in [7, 11) is 0. The molecule has 0 bridgehead atoms. The zero-order valence-corrected chi connectivity index (χ0v) is 17.6. The molecule has 9 heteroatoms. The minimum atomic E-state index is -0.663. The molecule has 0 spiro atoms. The second-order valence-corrected chi connectivity index (χ2v) is 9.09. The van der Waals surface area contributed by atoms with E-state index in [0.717, 1.165) is 35.0 Å². The molecule has 0 amide bonds. The van der Waals surface area contributed by atoms with E-state index in [2.05, 4.69) is 31.0 Å². The molecule has 2 atom stereocenters. The fourth-order valence-electron chi connectivity index (χ4n) is 4.18. The lowest BCUT2D eigenvalue weighted by molar-refractivity contribution is 0.239. The molecule has 1 aliphatic heterocycles. The number of hydrogen-bond donors (Lipinski definition) is 2. The first-order valence-electron chi connectivity index (χ1n) is 10.0. The number of nitriles is 1. The number of alkyl halides is 1. The van der Waals surface area contributed by atoms with E-state index >= 15 is 0 Å². The molecule has 0 aromatic carbocycles. The van der Waals surface area contributed by atoms with Gasteiger partial charge in [-0.2, -0.15) is 14.6 Å². The molecule has 1 saturated carbocycles. The third kappa shape index (κ3) is 4.49. The Bertz CT molecular complexity index is 902. The maximum atomic E-state index is 13.4. The van der Waals surface area contributed by atoms with E-state index in [1.165, 1.54) is 11.5 Å². The zero-order valence-electron chi connectivity index (χ0n) is 16.8. The summed E-state index contributed by atoms with van der Waals surface area (Å²) in [4.78, 5) is 11.3. The summed E-state index contributed by atoms with van der Waals surface area (Å²) in [6.07, 6.45) is 3.82. The molecule has 2 N–H and O–H groups in total. The summed E-state index contributed by atoms with van der Waals surface area (Å²) in [6.45, 7) is 6.14. The molecule has 7 nitrogen and oxygen atoms in total. The van der Waals surface area contributed by atoms with Gasteiger partial charge in [0, 0.05) is 24.8 Å². The van der Waals surface area contributed by atoms with Crippen LogP contribution in [0.2, 0.25) is 0 Å². The van der Waals surface area contributed by atoms with Crippen LogP contribution in [0.15, 0.2) is 12.3 Å². The Labute approximate surface area is 174 Å². The highest BCUT2D eigenvalue weighted by Gasteiger charge is 2.44. The number of nitrogens with zero attached hydrogens (tertiary/aromatic N) is 5. The van der Waals surface area contributed by atoms with Crippen LogP contribution < -0.4 is 15.5 Å². The molecule has 2 aromatic rings. The van der Waals surface area contributed by atoms with Crippen molar-refractivity contribution in [3.63, 3.8) is 0 Å².